The highest BCUT2D eigenvalue weighted by Gasteiger charge is 2.25. The lowest BCUT2D eigenvalue weighted by Crippen LogP contribution is -2.46. The Morgan fingerprint density at radius 1 is 1.47 bits per heavy atom. The lowest BCUT2D eigenvalue weighted by Gasteiger charge is -2.23. The third-order valence-electron chi connectivity index (χ3n) is 2.84. The molecule has 1 heterocycles. The molecule has 1 aromatic carbocycles. The van der Waals surface area contributed by atoms with Crippen molar-refractivity contribution in [1.29, 1.82) is 0 Å². The van der Waals surface area contributed by atoms with Crippen molar-refractivity contribution in [3.05, 3.63) is 29.3 Å². The quantitative estimate of drug-likeness (QED) is 0.875. The molecule has 5 nitrogen and oxygen atoms in total. The molecular formula is C12H15ClN2O3S. The normalized spacial score (nSPS) is 21.8. The smallest absolute Gasteiger partial charge is 0.225 e. The van der Waals surface area contributed by atoms with Gasteiger partial charge in [-0.2, -0.15) is 0 Å². The molecule has 19 heavy (non-hydrogen) atoms. The van der Waals surface area contributed by atoms with Crippen LogP contribution in [-0.4, -0.2) is 38.4 Å². The lowest BCUT2D eigenvalue weighted by molar-refractivity contribution is -0.116. The number of halogens is 1. The van der Waals surface area contributed by atoms with Gasteiger partial charge in [0.1, 0.15) is 0 Å². The molecule has 0 bridgehead atoms. The van der Waals surface area contributed by atoms with Gasteiger partial charge in [-0.3, -0.25) is 4.79 Å². The van der Waals surface area contributed by atoms with Crippen molar-refractivity contribution in [1.82, 2.24) is 5.32 Å². The first kappa shape index (κ1) is 14.3. The summed E-state index contributed by atoms with van der Waals surface area (Å²) in [5, 5.41) is 6.27. The average Bonchev–Trinajstić information content (AvgIpc) is 2.27. The molecule has 0 aliphatic carbocycles. The minimum atomic E-state index is -3.02. The van der Waals surface area contributed by atoms with Gasteiger partial charge in [0.2, 0.25) is 5.91 Å². The van der Waals surface area contributed by atoms with Crippen molar-refractivity contribution in [2.45, 2.75) is 12.5 Å². The summed E-state index contributed by atoms with van der Waals surface area (Å²) in [6.07, 6.45) is 0.131. The fourth-order valence-electron chi connectivity index (χ4n) is 2.00. The molecule has 0 radical (unpaired) electrons. The van der Waals surface area contributed by atoms with Crippen LogP contribution in [0.3, 0.4) is 0 Å². The number of nitrogens with one attached hydrogen (secondary N) is 2. The molecule has 2 N–H and O–H groups in total. The first-order valence-electron chi connectivity index (χ1n) is 5.94. The Bertz CT molecular complexity index is 574. The van der Waals surface area contributed by atoms with E-state index in [0.29, 0.717) is 17.3 Å². The van der Waals surface area contributed by atoms with E-state index < -0.39 is 9.84 Å². The number of carbonyl (C=O) groups is 1. The zero-order chi connectivity index (χ0) is 13.9. The molecule has 1 atom stereocenters. The maximum Gasteiger partial charge on any atom is 0.225 e. The van der Waals surface area contributed by atoms with Gasteiger partial charge in [-0.25, -0.2) is 8.42 Å². The number of sulfone groups is 1. The molecule has 1 saturated heterocycles. The van der Waals surface area contributed by atoms with Crippen LogP contribution < -0.4 is 10.6 Å². The van der Waals surface area contributed by atoms with Crippen LogP contribution in [0.5, 0.6) is 0 Å². The van der Waals surface area contributed by atoms with Gasteiger partial charge in [-0.15, -0.1) is 0 Å². The first-order chi connectivity index (χ1) is 8.94. The van der Waals surface area contributed by atoms with Crippen LogP contribution in [-0.2, 0) is 14.6 Å². The number of hydrogen-bond acceptors (Lipinski definition) is 4. The van der Waals surface area contributed by atoms with E-state index in [9.17, 15) is 13.2 Å². The van der Waals surface area contributed by atoms with Gasteiger partial charge < -0.3 is 10.6 Å². The summed E-state index contributed by atoms with van der Waals surface area (Å²) in [6.45, 7) is 0.400. The third-order valence-corrected chi connectivity index (χ3v) is 4.81. The second kappa shape index (κ2) is 5.90. The summed E-state index contributed by atoms with van der Waals surface area (Å²) in [5.74, 6) is -0.0769. The van der Waals surface area contributed by atoms with E-state index in [0.717, 1.165) is 0 Å². The topological polar surface area (TPSA) is 75.3 Å². The van der Waals surface area contributed by atoms with Crippen molar-refractivity contribution >= 4 is 33.0 Å². The van der Waals surface area contributed by atoms with E-state index in [4.69, 9.17) is 11.6 Å². The van der Waals surface area contributed by atoms with Crippen LogP contribution in [0, 0.1) is 0 Å². The second-order valence-corrected chi connectivity index (χ2v) is 7.19. The van der Waals surface area contributed by atoms with Gasteiger partial charge in [0.05, 0.1) is 11.5 Å². The number of hydrogen-bond donors (Lipinski definition) is 2. The molecule has 0 aromatic heterocycles. The highest BCUT2D eigenvalue weighted by Crippen LogP contribution is 2.15. The molecule has 1 fully saturated rings. The molecule has 1 aromatic rings. The van der Waals surface area contributed by atoms with Crippen LogP contribution >= 0.6 is 11.6 Å². The van der Waals surface area contributed by atoms with Crippen LogP contribution in [0.2, 0.25) is 5.02 Å². The van der Waals surface area contributed by atoms with Crippen LogP contribution in [0.1, 0.15) is 6.42 Å². The predicted octanol–water partition coefficient (Wildman–Crippen LogP) is 1.06. The van der Waals surface area contributed by atoms with Crippen molar-refractivity contribution in [3.63, 3.8) is 0 Å². The van der Waals surface area contributed by atoms with Gasteiger partial charge in [0.15, 0.2) is 9.84 Å². The first-order valence-corrected chi connectivity index (χ1v) is 8.14. The largest absolute Gasteiger partial charge is 0.326 e. The number of benzene rings is 1. The number of anilines is 1. The molecule has 0 spiro atoms. The predicted molar refractivity (Wildman–Crippen MR) is 75.1 cm³/mol. The molecule has 104 valence electrons. The summed E-state index contributed by atoms with van der Waals surface area (Å²) >= 11 is 5.81. The number of amides is 1. The fourth-order valence-corrected chi connectivity index (χ4v) is 3.64. The SMILES string of the molecule is O=C(CC1CS(=O)(=O)CCN1)Nc1cccc(Cl)c1. The molecule has 1 amide bonds. The summed E-state index contributed by atoms with van der Waals surface area (Å²) in [7, 11) is -3.02. The van der Waals surface area contributed by atoms with Gasteiger partial charge in [-0.05, 0) is 18.2 Å². The maximum atomic E-state index is 11.8. The Hall–Kier alpha value is -1.11. The molecule has 0 saturated carbocycles. The van der Waals surface area contributed by atoms with Gasteiger partial charge in [0.25, 0.3) is 0 Å². The Morgan fingerprint density at radius 2 is 2.26 bits per heavy atom. The van der Waals surface area contributed by atoms with Crippen LogP contribution in [0.4, 0.5) is 5.69 Å². The average molecular weight is 303 g/mol. The van der Waals surface area contributed by atoms with E-state index in [1.54, 1.807) is 24.3 Å². The van der Waals surface area contributed by atoms with E-state index in [-0.39, 0.29) is 29.9 Å². The second-order valence-electron chi connectivity index (χ2n) is 4.53. The van der Waals surface area contributed by atoms with Gasteiger partial charge >= 0.3 is 0 Å². The van der Waals surface area contributed by atoms with Gasteiger partial charge in [0, 0.05) is 29.7 Å². The van der Waals surface area contributed by atoms with Gasteiger partial charge in [-0.1, -0.05) is 17.7 Å². The molecule has 1 aliphatic rings. The fraction of sp³-hybridized carbons (Fsp3) is 0.417. The third kappa shape index (κ3) is 4.49. The zero-order valence-corrected chi connectivity index (χ0v) is 11.8. The molecule has 1 aliphatic heterocycles. The molecular weight excluding hydrogens is 288 g/mol. The minimum absolute atomic E-state index is 0.00989. The lowest BCUT2D eigenvalue weighted by atomic mass is 10.2. The summed E-state index contributed by atoms with van der Waals surface area (Å²) < 4.78 is 22.9. The van der Waals surface area contributed by atoms with Crippen molar-refractivity contribution in [2.75, 3.05) is 23.4 Å². The number of carbonyl (C=O) groups excluding carboxylic acids is 1. The minimum Gasteiger partial charge on any atom is -0.326 e. The summed E-state index contributed by atoms with van der Waals surface area (Å²) in [4.78, 5) is 11.8. The zero-order valence-electron chi connectivity index (χ0n) is 10.2. The van der Waals surface area contributed by atoms with Crippen molar-refractivity contribution in [2.24, 2.45) is 0 Å². The molecule has 2 rings (SSSR count). The van der Waals surface area contributed by atoms with Crippen LogP contribution in [0.15, 0.2) is 24.3 Å². The molecule has 1 unspecified atom stereocenters. The van der Waals surface area contributed by atoms with E-state index >= 15 is 0 Å². The highest BCUT2D eigenvalue weighted by atomic mass is 35.5. The van der Waals surface area contributed by atoms with Crippen molar-refractivity contribution in [3.8, 4) is 0 Å². The Balaban J connectivity index is 1.91. The Kier molecular flexibility index (Phi) is 4.44. The van der Waals surface area contributed by atoms with E-state index in [1.165, 1.54) is 0 Å². The summed E-state index contributed by atoms with van der Waals surface area (Å²) in [6, 6.07) is 6.51. The standard InChI is InChI=1S/C12H15ClN2O3S/c13-9-2-1-3-10(6-9)15-12(16)7-11-8-19(17,18)5-4-14-11/h1-3,6,11,14H,4-5,7-8H2,(H,15,16). The Labute approximate surface area is 117 Å². The van der Waals surface area contributed by atoms with Crippen LogP contribution in [0.25, 0.3) is 0 Å². The summed E-state index contributed by atoms with van der Waals surface area (Å²) in [5.41, 5.74) is 0.608. The van der Waals surface area contributed by atoms with E-state index in [2.05, 4.69) is 10.6 Å². The Morgan fingerprint density at radius 3 is 2.95 bits per heavy atom. The monoisotopic (exact) mass is 302 g/mol. The number of rotatable bonds is 3. The highest BCUT2D eigenvalue weighted by molar-refractivity contribution is 7.91. The maximum absolute atomic E-state index is 11.8. The molecule has 7 heteroatoms. The van der Waals surface area contributed by atoms with Crippen molar-refractivity contribution < 1.29 is 13.2 Å². The van der Waals surface area contributed by atoms with E-state index in [1.807, 2.05) is 0 Å².